The van der Waals surface area contributed by atoms with Gasteiger partial charge in [-0.3, -0.25) is 9.20 Å². The predicted octanol–water partition coefficient (Wildman–Crippen LogP) is 0.345. The first-order valence-electron chi connectivity index (χ1n) is 6.61. The van der Waals surface area contributed by atoms with Crippen LogP contribution in [0.3, 0.4) is 0 Å². The molecule has 19 heavy (non-hydrogen) atoms. The van der Waals surface area contributed by atoms with Gasteiger partial charge in [-0.1, -0.05) is 6.07 Å². The normalized spacial score (nSPS) is 19.5. The minimum Gasteiger partial charge on any atom is -0.349 e. The summed E-state index contributed by atoms with van der Waals surface area (Å²) in [5, 5.41) is 14.3. The average Bonchev–Trinajstić information content (AvgIpc) is 2.89. The molecule has 6 heteroatoms. The molecule has 2 N–H and O–H groups in total. The molecule has 3 rings (SSSR count). The lowest BCUT2D eigenvalue weighted by Gasteiger charge is -2.21. The highest BCUT2D eigenvalue weighted by Gasteiger charge is 2.20. The molecule has 0 aromatic carbocycles. The molecule has 2 aromatic heterocycles. The van der Waals surface area contributed by atoms with E-state index >= 15 is 0 Å². The van der Waals surface area contributed by atoms with Crippen LogP contribution < -0.4 is 10.6 Å². The van der Waals surface area contributed by atoms with E-state index in [0.717, 1.165) is 37.4 Å². The SMILES string of the molecule is O=C(NCc1nnc2ccccn12)C1CCCNC1. The van der Waals surface area contributed by atoms with Crippen molar-refractivity contribution in [3.63, 3.8) is 0 Å². The van der Waals surface area contributed by atoms with E-state index in [1.807, 2.05) is 28.8 Å². The summed E-state index contributed by atoms with van der Waals surface area (Å²) >= 11 is 0. The van der Waals surface area contributed by atoms with E-state index in [9.17, 15) is 4.79 Å². The molecule has 1 atom stereocenters. The number of nitrogens with one attached hydrogen (secondary N) is 2. The highest BCUT2D eigenvalue weighted by Crippen LogP contribution is 2.10. The molecule has 1 aliphatic heterocycles. The zero-order valence-electron chi connectivity index (χ0n) is 10.7. The van der Waals surface area contributed by atoms with E-state index in [-0.39, 0.29) is 11.8 Å². The van der Waals surface area contributed by atoms with Gasteiger partial charge >= 0.3 is 0 Å². The van der Waals surface area contributed by atoms with Crippen LogP contribution >= 0.6 is 0 Å². The molecule has 1 unspecified atom stereocenters. The van der Waals surface area contributed by atoms with E-state index in [4.69, 9.17) is 0 Å². The van der Waals surface area contributed by atoms with Crippen molar-refractivity contribution in [2.24, 2.45) is 5.92 Å². The fourth-order valence-corrected chi connectivity index (χ4v) is 2.40. The highest BCUT2D eigenvalue weighted by atomic mass is 16.1. The summed E-state index contributed by atoms with van der Waals surface area (Å²) in [6.45, 7) is 2.20. The number of carbonyl (C=O) groups is 1. The Morgan fingerprint density at radius 2 is 2.42 bits per heavy atom. The third kappa shape index (κ3) is 2.58. The van der Waals surface area contributed by atoms with E-state index in [1.165, 1.54) is 0 Å². The van der Waals surface area contributed by atoms with Gasteiger partial charge in [-0.05, 0) is 31.5 Å². The van der Waals surface area contributed by atoms with E-state index in [0.29, 0.717) is 6.54 Å². The van der Waals surface area contributed by atoms with Gasteiger partial charge in [0.15, 0.2) is 11.5 Å². The Balaban J connectivity index is 1.64. The third-order valence-corrected chi connectivity index (χ3v) is 3.47. The van der Waals surface area contributed by atoms with Crippen LogP contribution in [0.25, 0.3) is 5.65 Å². The lowest BCUT2D eigenvalue weighted by atomic mass is 9.99. The maximum atomic E-state index is 12.0. The van der Waals surface area contributed by atoms with Gasteiger partial charge in [-0.25, -0.2) is 0 Å². The van der Waals surface area contributed by atoms with Crippen molar-refractivity contribution in [2.75, 3.05) is 13.1 Å². The number of pyridine rings is 1. The number of piperidine rings is 1. The summed E-state index contributed by atoms with van der Waals surface area (Å²) in [7, 11) is 0. The van der Waals surface area contributed by atoms with Crippen molar-refractivity contribution in [2.45, 2.75) is 19.4 Å². The van der Waals surface area contributed by atoms with Crippen LogP contribution in [-0.2, 0) is 11.3 Å². The number of amides is 1. The molecule has 3 heterocycles. The van der Waals surface area contributed by atoms with Gasteiger partial charge in [0.05, 0.1) is 12.5 Å². The number of hydrogen-bond donors (Lipinski definition) is 2. The molecule has 0 spiro atoms. The summed E-state index contributed by atoms with van der Waals surface area (Å²) in [5.74, 6) is 0.931. The fourth-order valence-electron chi connectivity index (χ4n) is 2.40. The Hall–Kier alpha value is -1.95. The molecule has 0 saturated carbocycles. The van der Waals surface area contributed by atoms with Gasteiger partial charge < -0.3 is 10.6 Å². The average molecular weight is 259 g/mol. The molecular formula is C13H17N5O. The van der Waals surface area contributed by atoms with Crippen molar-refractivity contribution in [3.05, 3.63) is 30.2 Å². The lowest BCUT2D eigenvalue weighted by Crippen LogP contribution is -2.40. The van der Waals surface area contributed by atoms with Crippen molar-refractivity contribution in [1.82, 2.24) is 25.2 Å². The molecule has 1 saturated heterocycles. The summed E-state index contributed by atoms with van der Waals surface area (Å²) < 4.78 is 1.89. The maximum Gasteiger partial charge on any atom is 0.224 e. The molecule has 100 valence electrons. The van der Waals surface area contributed by atoms with Crippen LogP contribution in [0.5, 0.6) is 0 Å². The Morgan fingerprint density at radius 3 is 3.26 bits per heavy atom. The van der Waals surface area contributed by atoms with Crippen LogP contribution in [0, 0.1) is 5.92 Å². The Labute approximate surface area is 111 Å². The lowest BCUT2D eigenvalue weighted by molar-refractivity contribution is -0.125. The summed E-state index contributed by atoms with van der Waals surface area (Å²) in [6, 6.07) is 5.73. The Kier molecular flexibility index (Phi) is 3.41. The number of carbonyl (C=O) groups excluding carboxylic acids is 1. The molecule has 1 fully saturated rings. The minimum atomic E-state index is 0.0768. The monoisotopic (exact) mass is 259 g/mol. The number of nitrogens with zero attached hydrogens (tertiary/aromatic N) is 3. The Bertz CT molecular complexity index is 573. The summed E-state index contributed by atoms with van der Waals surface area (Å²) in [5.41, 5.74) is 0.797. The maximum absolute atomic E-state index is 12.0. The first-order valence-corrected chi connectivity index (χ1v) is 6.61. The van der Waals surface area contributed by atoms with E-state index in [1.54, 1.807) is 0 Å². The van der Waals surface area contributed by atoms with Crippen LogP contribution in [-0.4, -0.2) is 33.6 Å². The second kappa shape index (κ2) is 5.36. The summed E-state index contributed by atoms with van der Waals surface area (Å²) in [4.78, 5) is 12.0. The topological polar surface area (TPSA) is 71.3 Å². The number of fused-ring (bicyclic) bond motifs is 1. The second-order valence-corrected chi connectivity index (χ2v) is 4.81. The van der Waals surface area contributed by atoms with Gasteiger partial charge in [-0.15, -0.1) is 10.2 Å². The molecular weight excluding hydrogens is 242 g/mol. The second-order valence-electron chi connectivity index (χ2n) is 4.81. The van der Waals surface area contributed by atoms with Crippen LogP contribution in [0.15, 0.2) is 24.4 Å². The molecule has 2 aromatic rings. The zero-order chi connectivity index (χ0) is 13.1. The first kappa shape index (κ1) is 12.1. The molecule has 1 aliphatic rings. The third-order valence-electron chi connectivity index (χ3n) is 3.47. The number of aromatic nitrogens is 3. The number of hydrogen-bond acceptors (Lipinski definition) is 4. The van der Waals surface area contributed by atoms with Crippen molar-refractivity contribution < 1.29 is 4.79 Å². The van der Waals surface area contributed by atoms with E-state index in [2.05, 4.69) is 20.8 Å². The summed E-state index contributed by atoms with van der Waals surface area (Å²) in [6.07, 6.45) is 3.92. The predicted molar refractivity (Wildman–Crippen MR) is 70.4 cm³/mol. The standard InChI is InChI=1S/C13H17N5O/c19-13(10-4-3-6-14-8-10)15-9-12-17-16-11-5-1-2-7-18(11)12/h1-2,5,7,10,14H,3-4,6,8-9H2,(H,15,19). The molecule has 0 bridgehead atoms. The first-order chi connectivity index (χ1) is 9.34. The van der Waals surface area contributed by atoms with Crippen molar-refractivity contribution >= 4 is 11.6 Å². The van der Waals surface area contributed by atoms with E-state index < -0.39 is 0 Å². The molecule has 6 nitrogen and oxygen atoms in total. The fraction of sp³-hybridized carbons (Fsp3) is 0.462. The van der Waals surface area contributed by atoms with Gasteiger partial charge in [0.2, 0.25) is 5.91 Å². The minimum absolute atomic E-state index is 0.0768. The van der Waals surface area contributed by atoms with Gasteiger partial charge in [-0.2, -0.15) is 0 Å². The van der Waals surface area contributed by atoms with Crippen LogP contribution in [0.2, 0.25) is 0 Å². The van der Waals surface area contributed by atoms with Gasteiger partial charge in [0.25, 0.3) is 0 Å². The van der Waals surface area contributed by atoms with Crippen LogP contribution in [0.4, 0.5) is 0 Å². The van der Waals surface area contributed by atoms with Gasteiger partial charge in [0, 0.05) is 12.7 Å². The van der Waals surface area contributed by atoms with Crippen LogP contribution in [0.1, 0.15) is 18.7 Å². The molecule has 1 amide bonds. The van der Waals surface area contributed by atoms with Crippen molar-refractivity contribution in [3.8, 4) is 0 Å². The van der Waals surface area contributed by atoms with Crippen molar-refractivity contribution in [1.29, 1.82) is 0 Å². The van der Waals surface area contributed by atoms with Gasteiger partial charge in [0.1, 0.15) is 0 Å². The largest absolute Gasteiger partial charge is 0.349 e. The number of rotatable bonds is 3. The zero-order valence-corrected chi connectivity index (χ0v) is 10.7. The molecule has 0 aliphatic carbocycles. The molecule has 0 radical (unpaired) electrons. The smallest absolute Gasteiger partial charge is 0.224 e. The quantitative estimate of drug-likeness (QED) is 0.834. The highest BCUT2D eigenvalue weighted by molar-refractivity contribution is 5.78. The Morgan fingerprint density at radius 1 is 1.47 bits per heavy atom.